The van der Waals surface area contributed by atoms with E-state index in [1.165, 1.54) is 11.1 Å². The summed E-state index contributed by atoms with van der Waals surface area (Å²) in [7, 11) is 0. The number of ether oxygens (including phenoxy) is 1. The van der Waals surface area contributed by atoms with Gasteiger partial charge in [0.2, 0.25) is 0 Å². The van der Waals surface area contributed by atoms with Crippen LogP contribution in [0.1, 0.15) is 30.0 Å². The van der Waals surface area contributed by atoms with E-state index in [1.54, 1.807) is 0 Å². The first-order valence-corrected chi connectivity index (χ1v) is 6.56. The molecule has 1 aliphatic heterocycles. The van der Waals surface area contributed by atoms with Gasteiger partial charge in [-0.2, -0.15) is 0 Å². The molecule has 0 amide bonds. The second-order valence-corrected chi connectivity index (χ2v) is 5.45. The molecular weight excluding hydrogens is 266 g/mol. The molecule has 3 heteroatoms. The second-order valence-electron chi connectivity index (χ2n) is 4.54. The Labute approximate surface area is 105 Å². The standard InChI is InChI=1S/C13H18BrNO/c1-9-6-11(8-12(14)7-9)13(15)10-2-4-16-5-3-10/h6-8,10,13H,2-5,15H2,1H3. The summed E-state index contributed by atoms with van der Waals surface area (Å²) in [6.45, 7) is 3.81. The molecule has 2 nitrogen and oxygen atoms in total. The van der Waals surface area contributed by atoms with Crippen LogP contribution in [0, 0.1) is 12.8 Å². The zero-order valence-electron chi connectivity index (χ0n) is 9.58. The Bertz CT molecular complexity index is 341. The predicted octanol–water partition coefficient (Wildman–Crippen LogP) is 3.18. The molecule has 1 aromatic carbocycles. The Morgan fingerprint density at radius 2 is 2.00 bits per heavy atom. The Hall–Kier alpha value is -0.380. The third-order valence-electron chi connectivity index (χ3n) is 3.22. The number of benzene rings is 1. The van der Waals surface area contributed by atoms with Crippen molar-refractivity contribution in [1.82, 2.24) is 0 Å². The van der Waals surface area contributed by atoms with Crippen LogP contribution >= 0.6 is 15.9 Å². The summed E-state index contributed by atoms with van der Waals surface area (Å²) in [6.07, 6.45) is 2.15. The van der Waals surface area contributed by atoms with Crippen LogP contribution < -0.4 is 5.73 Å². The van der Waals surface area contributed by atoms with E-state index in [9.17, 15) is 0 Å². The third kappa shape index (κ3) is 2.84. The summed E-state index contributed by atoms with van der Waals surface area (Å²) < 4.78 is 6.48. The van der Waals surface area contributed by atoms with Gasteiger partial charge in [-0.05, 0) is 48.9 Å². The van der Waals surface area contributed by atoms with Crippen LogP contribution in [-0.2, 0) is 4.74 Å². The van der Waals surface area contributed by atoms with Crippen molar-refractivity contribution in [2.75, 3.05) is 13.2 Å². The molecule has 0 aromatic heterocycles. The molecule has 2 rings (SSSR count). The number of halogens is 1. The van der Waals surface area contributed by atoms with Gasteiger partial charge in [0.05, 0.1) is 0 Å². The minimum absolute atomic E-state index is 0.139. The highest BCUT2D eigenvalue weighted by Crippen LogP contribution is 2.30. The van der Waals surface area contributed by atoms with E-state index in [4.69, 9.17) is 10.5 Å². The van der Waals surface area contributed by atoms with Crippen molar-refractivity contribution in [2.24, 2.45) is 11.7 Å². The van der Waals surface area contributed by atoms with Gasteiger partial charge in [-0.1, -0.05) is 22.0 Å². The molecule has 0 spiro atoms. The van der Waals surface area contributed by atoms with Crippen LogP contribution in [0.5, 0.6) is 0 Å². The fourth-order valence-electron chi connectivity index (χ4n) is 2.30. The van der Waals surface area contributed by atoms with E-state index in [0.717, 1.165) is 30.5 Å². The van der Waals surface area contributed by atoms with Crippen LogP contribution in [0.25, 0.3) is 0 Å². The molecule has 1 saturated heterocycles. The quantitative estimate of drug-likeness (QED) is 0.905. The summed E-state index contributed by atoms with van der Waals surface area (Å²) in [4.78, 5) is 0. The maximum Gasteiger partial charge on any atom is 0.0469 e. The molecule has 0 aliphatic carbocycles. The first kappa shape index (κ1) is 12.1. The normalized spacial score (nSPS) is 19.7. The van der Waals surface area contributed by atoms with Crippen molar-refractivity contribution >= 4 is 15.9 Å². The van der Waals surface area contributed by atoms with Gasteiger partial charge >= 0.3 is 0 Å². The SMILES string of the molecule is Cc1cc(Br)cc(C(N)C2CCOCC2)c1. The van der Waals surface area contributed by atoms with Gasteiger partial charge < -0.3 is 10.5 Å². The lowest BCUT2D eigenvalue weighted by Gasteiger charge is -2.28. The van der Waals surface area contributed by atoms with Gasteiger partial charge in [-0.25, -0.2) is 0 Å². The second kappa shape index (κ2) is 5.30. The molecule has 16 heavy (non-hydrogen) atoms. The minimum Gasteiger partial charge on any atom is -0.381 e. The largest absolute Gasteiger partial charge is 0.381 e. The molecule has 1 atom stereocenters. The molecule has 1 aliphatic rings. The zero-order chi connectivity index (χ0) is 11.5. The van der Waals surface area contributed by atoms with Crippen molar-refractivity contribution < 1.29 is 4.74 Å². The van der Waals surface area contributed by atoms with Gasteiger partial charge in [0.1, 0.15) is 0 Å². The van der Waals surface area contributed by atoms with Crippen molar-refractivity contribution in [1.29, 1.82) is 0 Å². The van der Waals surface area contributed by atoms with Crippen LogP contribution in [0.4, 0.5) is 0 Å². The third-order valence-corrected chi connectivity index (χ3v) is 3.68. The average molecular weight is 284 g/mol. The van der Waals surface area contributed by atoms with Gasteiger partial charge in [0.15, 0.2) is 0 Å². The van der Waals surface area contributed by atoms with Gasteiger partial charge in [-0.15, -0.1) is 0 Å². The fourth-order valence-corrected chi connectivity index (χ4v) is 2.93. The Kier molecular flexibility index (Phi) is 4.00. The van der Waals surface area contributed by atoms with Crippen LogP contribution in [0.15, 0.2) is 22.7 Å². The lowest BCUT2D eigenvalue weighted by molar-refractivity contribution is 0.0583. The van der Waals surface area contributed by atoms with Gasteiger partial charge in [0.25, 0.3) is 0 Å². The molecule has 1 heterocycles. The topological polar surface area (TPSA) is 35.2 Å². The van der Waals surface area contributed by atoms with Crippen LogP contribution in [-0.4, -0.2) is 13.2 Å². The number of hydrogen-bond acceptors (Lipinski definition) is 2. The molecule has 0 saturated carbocycles. The molecular formula is C13H18BrNO. The highest BCUT2D eigenvalue weighted by Gasteiger charge is 2.22. The monoisotopic (exact) mass is 283 g/mol. The number of nitrogens with two attached hydrogens (primary N) is 1. The highest BCUT2D eigenvalue weighted by atomic mass is 79.9. The summed E-state index contributed by atoms with van der Waals surface area (Å²) in [5.74, 6) is 0.558. The zero-order valence-corrected chi connectivity index (χ0v) is 11.2. The highest BCUT2D eigenvalue weighted by molar-refractivity contribution is 9.10. The lowest BCUT2D eigenvalue weighted by Crippen LogP contribution is -2.27. The Balaban J connectivity index is 2.15. The van der Waals surface area contributed by atoms with E-state index >= 15 is 0 Å². The maximum atomic E-state index is 6.33. The van der Waals surface area contributed by atoms with E-state index in [1.807, 2.05) is 0 Å². The number of rotatable bonds is 2. The predicted molar refractivity (Wildman–Crippen MR) is 69.4 cm³/mol. The van der Waals surface area contributed by atoms with Gasteiger partial charge in [0, 0.05) is 23.7 Å². The molecule has 1 fully saturated rings. The average Bonchev–Trinajstić information content (AvgIpc) is 2.28. The molecule has 0 radical (unpaired) electrons. The van der Waals surface area contributed by atoms with E-state index in [2.05, 4.69) is 41.1 Å². The minimum atomic E-state index is 0.139. The lowest BCUT2D eigenvalue weighted by atomic mass is 9.87. The molecule has 1 aromatic rings. The Morgan fingerprint density at radius 3 is 2.62 bits per heavy atom. The van der Waals surface area contributed by atoms with Crippen molar-refractivity contribution in [3.8, 4) is 0 Å². The summed E-state index contributed by atoms with van der Waals surface area (Å²) >= 11 is 3.53. The molecule has 2 N–H and O–H groups in total. The van der Waals surface area contributed by atoms with E-state index in [-0.39, 0.29) is 6.04 Å². The first-order chi connectivity index (χ1) is 7.66. The van der Waals surface area contributed by atoms with Crippen molar-refractivity contribution in [2.45, 2.75) is 25.8 Å². The smallest absolute Gasteiger partial charge is 0.0469 e. The van der Waals surface area contributed by atoms with Crippen molar-refractivity contribution in [3.63, 3.8) is 0 Å². The van der Waals surface area contributed by atoms with Crippen molar-refractivity contribution in [3.05, 3.63) is 33.8 Å². The van der Waals surface area contributed by atoms with Crippen LogP contribution in [0.2, 0.25) is 0 Å². The first-order valence-electron chi connectivity index (χ1n) is 5.77. The van der Waals surface area contributed by atoms with E-state index in [0.29, 0.717) is 5.92 Å². The Morgan fingerprint density at radius 1 is 1.31 bits per heavy atom. The van der Waals surface area contributed by atoms with Gasteiger partial charge in [-0.3, -0.25) is 0 Å². The fraction of sp³-hybridized carbons (Fsp3) is 0.538. The summed E-state index contributed by atoms with van der Waals surface area (Å²) in [5.41, 5.74) is 8.82. The summed E-state index contributed by atoms with van der Waals surface area (Å²) in [6, 6.07) is 6.57. The number of aryl methyl sites for hydroxylation is 1. The van der Waals surface area contributed by atoms with Crippen LogP contribution in [0.3, 0.4) is 0 Å². The molecule has 0 bridgehead atoms. The maximum absolute atomic E-state index is 6.33. The number of hydrogen-bond donors (Lipinski definition) is 1. The summed E-state index contributed by atoms with van der Waals surface area (Å²) in [5, 5.41) is 0. The van der Waals surface area contributed by atoms with E-state index < -0.39 is 0 Å². The molecule has 1 unspecified atom stereocenters. The molecule has 88 valence electrons.